The fraction of sp³-hybridized carbons (Fsp3) is 0.316. The molecule has 2 aromatic rings. The molecule has 0 spiro atoms. The lowest BCUT2D eigenvalue weighted by atomic mass is 10.2. The molecule has 27 heavy (non-hydrogen) atoms. The second-order valence-electron chi connectivity index (χ2n) is 5.89. The van der Waals surface area contributed by atoms with Crippen LogP contribution in [0.2, 0.25) is 0 Å². The van der Waals surface area contributed by atoms with Gasteiger partial charge in [0.25, 0.3) is 0 Å². The maximum Gasteiger partial charge on any atom is 0.573 e. The van der Waals surface area contributed by atoms with Crippen molar-refractivity contribution < 1.29 is 27.8 Å². The summed E-state index contributed by atoms with van der Waals surface area (Å²) in [5.41, 5.74) is 0.259. The minimum atomic E-state index is -4.78. The second kappa shape index (κ2) is 9.55. The number of aromatic hydroxyl groups is 1. The molecule has 0 aromatic heterocycles. The van der Waals surface area contributed by atoms with Crippen molar-refractivity contribution >= 4 is 17.7 Å². The Kier molecular flexibility index (Phi) is 7.41. The van der Waals surface area contributed by atoms with Crippen LogP contribution in [0.15, 0.2) is 53.4 Å². The van der Waals surface area contributed by atoms with E-state index in [1.807, 2.05) is 6.92 Å². The van der Waals surface area contributed by atoms with Crippen LogP contribution < -0.4 is 10.1 Å². The van der Waals surface area contributed by atoms with E-state index in [1.54, 1.807) is 42.1 Å². The number of thioether (sulfide) groups is 1. The summed E-state index contributed by atoms with van der Waals surface area (Å²) in [4.78, 5) is 13.0. The first-order chi connectivity index (χ1) is 12.7. The van der Waals surface area contributed by atoms with E-state index in [1.165, 1.54) is 18.2 Å². The number of ether oxygens (including phenoxy) is 1. The maximum atomic E-state index is 12.4. The van der Waals surface area contributed by atoms with Crippen molar-refractivity contribution in [3.8, 4) is 11.5 Å². The van der Waals surface area contributed by atoms with Crippen LogP contribution >= 0.6 is 11.8 Å². The van der Waals surface area contributed by atoms with Crippen molar-refractivity contribution in [2.45, 2.75) is 42.8 Å². The smallest absolute Gasteiger partial charge is 0.508 e. The van der Waals surface area contributed by atoms with Gasteiger partial charge in [-0.1, -0.05) is 25.1 Å². The molecule has 8 heteroatoms. The lowest BCUT2D eigenvalue weighted by Crippen LogP contribution is -2.24. The first-order valence-corrected chi connectivity index (χ1v) is 9.17. The third-order valence-electron chi connectivity index (χ3n) is 3.63. The fourth-order valence-electron chi connectivity index (χ4n) is 2.31. The number of phenolic OH excluding ortho intramolecular Hbond substituents is 1. The summed E-state index contributed by atoms with van der Waals surface area (Å²) in [7, 11) is 0. The molecular formula is C19H20F3NO3S. The van der Waals surface area contributed by atoms with Crippen molar-refractivity contribution in [2.75, 3.05) is 0 Å². The Morgan fingerprint density at radius 2 is 1.85 bits per heavy atom. The van der Waals surface area contributed by atoms with E-state index in [0.717, 1.165) is 4.90 Å². The van der Waals surface area contributed by atoms with Gasteiger partial charge in [0, 0.05) is 28.7 Å². The zero-order chi connectivity index (χ0) is 19.9. The molecule has 0 heterocycles. The Bertz CT molecular complexity index is 751. The summed E-state index contributed by atoms with van der Waals surface area (Å²) in [6, 6.07) is 12.5. The first kappa shape index (κ1) is 21.0. The third-order valence-corrected chi connectivity index (χ3v) is 4.81. The average molecular weight is 399 g/mol. The molecule has 0 aliphatic heterocycles. The van der Waals surface area contributed by atoms with Crippen LogP contribution in [0.1, 0.15) is 25.3 Å². The number of para-hydroxylation sites is 1. The Labute approximate surface area is 159 Å². The summed E-state index contributed by atoms with van der Waals surface area (Å²) in [6.45, 7) is 1.95. The van der Waals surface area contributed by atoms with Crippen LogP contribution in [0.5, 0.6) is 11.5 Å². The SMILES string of the molecule is CC(CCC(=O)NCc1ccccc1OC(F)(F)F)Sc1ccc(O)cc1. The molecule has 4 nitrogen and oxygen atoms in total. The van der Waals surface area contributed by atoms with Crippen LogP contribution in [0.3, 0.4) is 0 Å². The molecule has 1 amide bonds. The molecule has 0 saturated carbocycles. The molecule has 146 valence electrons. The highest BCUT2D eigenvalue weighted by molar-refractivity contribution is 7.99. The molecule has 0 saturated heterocycles. The Morgan fingerprint density at radius 1 is 1.19 bits per heavy atom. The molecule has 0 fully saturated rings. The van der Waals surface area contributed by atoms with Crippen molar-refractivity contribution in [1.29, 1.82) is 0 Å². The summed E-state index contributed by atoms with van der Waals surface area (Å²) < 4.78 is 41.2. The molecule has 2 rings (SSSR count). The largest absolute Gasteiger partial charge is 0.573 e. The maximum absolute atomic E-state index is 12.4. The predicted octanol–water partition coefficient (Wildman–Crippen LogP) is 4.87. The average Bonchev–Trinajstić information content (AvgIpc) is 2.60. The number of carbonyl (C=O) groups excluding carboxylic acids is 1. The van der Waals surface area contributed by atoms with E-state index in [2.05, 4.69) is 10.1 Å². The van der Waals surface area contributed by atoms with E-state index in [0.29, 0.717) is 6.42 Å². The van der Waals surface area contributed by atoms with E-state index in [-0.39, 0.29) is 41.2 Å². The van der Waals surface area contributed by atoms with Gasteiger partial charge in [0.05, 0.1) is 0 Å². The summed E-state index contributed by atoms with van der Waals surface area (Å²) in [5.74, 6) is -0.363. The van der Waals surface area contributed by atoms with Gasteiger partial charge in [-0.05, 0) is 36.8 Å². The molecule has 0 aliphatic carbocycles. The molecular weight excluding hydrogens is 379 g/mol. The molecule has 0 aliphatic rings. The minimum absolute atomic E-state index is 0.0371. The van der Waals surface area contributed by atoms with Crippen molar-refractivity contribution in [1.82, 2.24) is 5.32 Å². The number of hydrogen-bond donors (Lipinski definition) is 2. The predicted molar refractivity (Wildman–Crippen MR) is 97.6 cm³/mol. The highest BCUT2D eigenvalue weighted by Crippen LogP contribution is 2.28. The lowest BCUT2D eigenvalue weighted by molar-refractivity contribution is -0.274. The quantitative estimate of drug-likeness (QED) is 0.622. The van der Waals surface area contributed by atoms with Crippen LogP contribution in [-0.4, -0.2) is 22.6 Å². The number of hydrogen-bond acceptors (Lipinski definition) is 4. The minimum Gasteiger partial charge on any atom is -0.508 e. The fourth-order valence-corrected chi connectivity index (χ4v) is 3.30. The van der Waals surface area contributed by atoms with Gasteiger partial charge in [-0.2, -0.15) is 0 Å². The van der Waals surface area contributed by atoms with Crippen LogP contribution in [0, 0.1) is 0 Å². The van der Waals surface area contributed by atoms with E-state index in [4.69, 9.17) is 0 Å². The highest BCUT2D eigenvalue weighted by Gasteiger charge is 2.31. The molecule has 2 aromatic carbocycles. The van der Waals surface area contributed by atoms with Crippen LogP contribution in [-0.2, 0) is 11.3 Å². The van der Waals surface area contributed by atoms with Gasteiger partial charge < -0.3 is 15.2 Å². The van der Waals surface area contributed by atoms with Crippen molar-refractivity contribution in [3.63, 3.8) is 0 Å². The van der Waals surface area contributed by atoms with Gasteiger partial charge in [0.2, 0.25) is 5.91 Å². The molecule has 0 bridgehead atoms. The van der Waals surface area contributed by atoms with Gasteiger partial charge in [-0.3, -0.25) is 4.79 Å². The van der Waals surface area contributed by atoms with E-state index < -0.39 is 6.36 Å². The van der Waals surface area contributed by atoms with Crippen LogP contribution in [0.25, 0.3) is 0 Å². The summed E-state index contributed by atoms with van der Waals surface area (Å²) in [6.07, 6.45) is -3.91. The van der Waals surface area contributed by atoms with Gasteiger partial charge in [0.1, 0.15) is 11.5 Å². The zero-order valence-electron chi connectivity index (χ0n) is 14.6. The highest BCUT2D eigenvalue weighted by atomic mass is 32.2. The van der Waals surface area contributed by atoms with E-state index >= 15 is 0 Å². The number of carbonyl (C=O) groups is 1. The summed E-state index contributed by atoms with van der Waals surface area (Å²) in [5, 5.41) is 12.1. The molecule has 1 unspecified atom stereocenters. The topological polar surface area (TPSA) is 58.6 Å². The van der Waals surface area contributed by atoms with Crippen molar-refractivity contribution in [3.05, 3.63) is 54.1 Å². The number of nitrogens with one attached hydrogen (secondary N) is 1. The van der Waals surface area contributed by atoms with Gasteiger partial charge in [-0.25, -0.2) is 0 Å². The van der Waals surface area contributed by atoms with Gasteiger partial charge in [-0.15, -0.1) is 24.9 Å². The molecule has 0 radical (unpaired) electrons. The normalized spacial score (nSPS) is 12.4. The van der Waals surface area contributed by atoms with Gasteiger partial charge >= 0.3 is 6.36 Å². The van der Waals surface area contributed by atoms with E-state index in [9.17, 15) is 23.1 Å². The number of halogens is 3. The first-order valence-electron chi connectivity index (χ1n) is 8.29. The second-order valence-corrected chi connectivity index (χ2v) is 7.41. The standard InChI is InChI=1S/C19H20F3NO3S/c1-13(27-16-9-7-15(24)8-10-16)6-11-18(25)23-12-14-4-2-3-5-17(14)26-19(20,21)22/h2-5,7-10,13,24H,6,11-12H2,1H3,(H,23,25). The number of amides is 1. The summed E-state index contributed by atoms with van der Waals surface area (Å²) >= 11 is 1.58. The van der Waals surface area contributed by atoms with Gasteiger partial charge in [0.15, 0.2) is 0 Å². The molecule has 1 atom stereocenters. The zero-order valence-corrected chi connectivity index (χ0v) is 15.4. The Balaban J connectivity index is 1.78. The molecule has 2 N–H and O–H groups in total. The number of benzene rings is 2. The Hall–Kier alpha value is -2.35. The third kappa shape index (κ3) is 7.82. The number of phenols is 1. The van der Waals surface area contributed by atoms with Crippen molar-refractivity contribution in [2.24, 2.45) is 0 Å². The van der Waals surface area contributed by atoms with Crippen LogP contribution in [0.4, 0.5) is 13.2 Å². The lowest BCUT2D eigenvalue weighted by Gasteiger charge is -2.14. The Morgan fingerprint density at radius 3 is 2.52 bits per heavy atom. The number of alkyl halides is 3. The number of rotatable bonds is 8. The monoisotopic (exact) mass is 399 g/mol.